The third-order valence-electron chi connectivity index (χ3n) is 4.42. The molecule has 1 aliphatic rings. The van der Waals surface area contributed by atoms with Crippen LogP contribution < -0.4 is 10.5 Å². The summed E-state index contributed by atoms with van der Waals surface area (Å²) >= 11 is 0. The molecular formula is C15H20N2O. The summed E-state index contributed by atoms with van der Waals surface area (Å²) in [7, 11) is 3.80. The van der Waals surface area contributed by atoms with Crippen LogP contribution in [0.15, 0.2) is 24.4 Å². The van der Waals surface area contributed by atoms with Crippen LogP contribution in [0.2, 0.25) is 0 Å². The van der Waals surface area contributed by atoms with Crippen LogP contribution in [0.3, 0.4) is 0 Å². The molecule has 0 aliphatic heterocycles. The zero-order chi connectivity index (χ0) is 12.9. The fourth-order valence-corrected chi connectivity index (χ4v) is 2.94. The Morgan fingerprint density at radius 2 is 2.11 bits per heavy atom. The van der Waals surface area contributed by atoms with Gasteiger partial charge in [0.2, 0.25) is 0 Å². The number of hydrogen-bond acceptors (Lipinski definition) is 2. The van der Waals surface area contributed by atoms with Crippen LogP contribution in [0, 0.1) is 0 Å². The van der Waals surface area contributed by atoms with Gasteiger partial charge in [0.15, 0.2) is 0 Å². The summed E-state index contributed by atoms with van der Waals surface area (Å²) in [6, 6.07) is 6.73. The molecule has 1 aromatic heterocycles. The topological polar surface area (TPSA) is 40.2 Å². The Hall–Kier alpha value is -1.48. The number of nitrogens with two attached hydrogens (primary N) is 1. The van der Waals surface area contributed by atoms with E-state index in [4.69, 9.17) is 10.5 Å². The maximum atomic E-state index is 6.17. The summed E-state index contributed by atoms with van der Waals surface area (Å²) in [5.41, 5.74) is 8.88. The molecule has 0 saturated heterocycles. The highest BCUT2D eigenvalue weighted by Gasteiger charge is 2.47. The van der Waals surface area contributed by atoms with E-state index in [2.05, 4.69) is 42.9 Å². The normalized spacial score (nSPS) is 18.9. The molecule has 0 bridgehead atoms. The van der Waals surface area contributed by atoms with Crippen molar-refractivity contribution in [3.05, 3.63) is 30.0 Å². The molecule has 1 unspecified atom stereocenters. The number of rotatable bonds is 3. The highest BCUT2D eigenvalue weighted by atomic mass is 16.5. The second kappa shape index (κ2) is 3.75. The van der Waals surface area contributed by atoms with Crippen molar-refractivity contribution in [1.82, 2.24) is 4.57 Å². The molecular weight excluding hydrogens is 224 g/mol. The molecule has 1 fully saturated rings. The van der Waals surface area contributed by atoms with Crippen LogP contribution in [0.5, 0.6) is 5.75 Å². The average molecular weight is 244 g/mol. The number of methoxy groups -OCH3 is 1. The lowest BCUT2D eigenvalue weighted by Gasteiger charge is -2.21. The van der Waals surface area contributed by atoms with Crippen molar-refractivity contribution < 1.29 is 4.74 Å². The molecule has 0 amide bonds. The molecule has 1 atom stereocenters. The largest absolute Gasteiger partial charge is 0.496 e. The molecule has 3 nitrogen and oxygen atoms in total. The Kier molecular flexibility index (Phi) is 2.42. The Bertz CT molecular complexity index is 594. The van der Waals surface area contributed by atoms with Crippen molar-refractivity contribution >= 4 is 10.9 Å². The van der Waals surface area contributed by atoms with Crippen molar-refractivity contribution in [3.63, 3.8) is 0 Å². The zero-order valence-electron chi connectivity index (χ0n) is 11.2. The van der Waals surface area contributed by atoms with E-state index in [1.165, 1.54) is 29.3 Å². The number of aryl methyl sites for hydroxylation is 1. The van der Waals surface area contributed by atoms with Crippen molar-refractivity contribution in [2.75, 3.05) is 7.11 Å². The second-order valence-electron chi connectivity index (χ2n) is 5.48. The predicted octanol–water partition coefficient (Wildman–Crippen LogP) is 2.57. The summed E-state index contributed by atoms with van der Waals surface area (Å²) in [6.07, 6.45) is 4.44. The van der Waals surface area contributed by atoms with Crippen LogP contribution >= 0.6 is 0 Å². The van der Waals surface area contributed by atoms with Crippen molar-refractivity contribution in [2.45, 2.75) is 31.2 Å². The Morgan fingerprint density at radius 1 is 1.39 bits per heavy atom. The summed E-state index contributed by atoms with van der Waals surface area (Å²) < 4.78 is 7.67. The molecule has 1 aromatic carbocycles. The average Bonchev–Trinajstić information content (AvgIpc) is 3.09. The number of hydrogen-bond donors (Lipinski definition) is 1. The monoisotopic (exact) mass is 244 g/mol. The molecule has 96 valence electrons. The van der Waals surface area contributed by atoms with Gasteiger partial charge < -0.3 is 15.0 Å². The first kappa shape index (κ1) is 11.6. The molecule has 18 heavy (non-hydrogen) atoms. The molecule has 1 aliphatic carbocycles. The summed E-state index contributed by atoms with van der Waals surface area (Å²) in [6.45, 7) is 2.11. The van der Waals surface area contributed by atoms with E-state index in [1.807, 2.05) is 0 Å². The Labute approximate surface area is 108 Å². The third kappa shape index (κ3) is 1.47. The first-order valence-corrected chi connectivity index (χ1v) is 6.47. The van der Waals surface area contributed by atoms with Gasteiger partial charge in [0.05, 0.1) is 12.6 Å². The third-order valence-corrected chi connectivity index (χ3v) is 4.42. The molecule has 0 radical (unpaired) electrons. The highest BCUT2D eigenvalue weighted by molar-refractivity contribution is 5.87. The summed E-state index contributed by atoms with van der Waals surface area (Å²) in [5.74, 6) is 0.954. The molecule has 2 aromatic rings. The van der Waals surface area contributed by atoms with Gasteiger partial charge in [-0.2, -0.15) is 0 Å². The van der Waals surface area contributed by atoms with Crippen molar-refractivity contribution in [2.24, 2.45) is 12.8 Å². The standard InChI is InChI=1S/C15H20N2O/c1-10(16)15(5-6-15)11-8-13-12(4-7-17(13)2)14(9-11)18-3/h4,7-10H,5-6,16H2,1-3H3. The molecule has 1 heterocycles. The Morgan fingerprint density at radius 3 is 2.67 bits per heavy atom. The van der Waals surface area contributed by atoms with Gasteiger partial charge in [-0.1, -0.05) is 0 Å². The van der Waals surface area contributed by atoms with E-state index in [0.29, 0.717) is 0 Å². The minimum absolute atomic E-state index is 0.172. The van der Waals surface area contributed by atoms with Gasteiger partial charge in [0.1, 0.15) is 5.75 Å². The van der Waals surface area contributed by atoms with Gasteiger partial charge >= 0.3 is 0 Å². The molecule has 3 rings (SSSR count). The van der Waals surface area contributed by atoms with Crippen LogP contribution in [0.1, 0.15) is 25.3 Å². The fourth-order valence-electron chi connectivity index (χ4n) is 2.94. The van der Waals surface area contributed by atoms with Crippen LogP contribution in [0.4, 0.5) is 0 Å². The maximum absolute atomic E-state index is 6.17. The second-order valence-corrected chi connectivity index (χ2v) is 5.48. The number of benzene rings is 1. The SMILES string of the molecule is COc1cc(C2(C(C)N)CC2)cc2c1ccn2C. The quantitative estimate of drug-likeness (QED) is 0.901. The Balaban J connectivity index is 2.22. The van der Waals surface area contributed by atoms with Gasteiger partial charge in [0.25, 0.3) is 0 Å². The van der Waals surface area contributed by atoms with Crippen molar-refractivity contribution in [3.8, 4) is 5.75 Å². The predicted molar refractivity (Wildman–Crippen MR) is 74.0 cm³/mol. The summed E-state index contributed by atoms with van der Waals surface area (Å²) in [4.78, 5) is 0. The van der Waals surface area contributed by atoms with Crippen LogP contribution in [-0.2, 0) is 12.5 Å². The number of aromatic nitrogens is 1. The fraction of sp³-hybridized carbons (Fsp3) is 0.467. The van der Waals surface area contributed by atoms with E-state index < -0.39 is 0 Å². The smallest absolute Gasteiger partial charge is 0.128 e. The van der Waals surface area contributed by atoms with E-state index in [9.17, 15) is 0 Å². The molecule has 0 spiro atoms. The first-order valence-electron chi connectivity index (χ1n) is 6.47. The van der Waals surface area contributed by atoms with Gasteiger partial charge in [-0.15, -0.1) is 0 Å². The lowest BCUT2D eigenvalue weighted by atomic mass is 9.89. The van der Waals surface area contributed by atoms with E-state index >= 15 is 0 Å². The highest BCUT2D eigenvalue weighted by Crippen LogP contribution is 2.51. The minimum atomic E-state index is 0.172. The summed E-state index contributed by atoms with van der Waals surface area (Å²) in [5, 5.41) is 1.17. The van der Waals surface area contributed by atoms with Crippen LogP contribution in [-0.4, -0.2) is 17.7 Å². The van der Waals surface area contributed by atoms with Gasteiger partial charge in [-0.25, -0.2) is 0 Å². The van der Waals surface area contributed by atoms with Gasteiger partial charge in [0, 0.05) is 30.1 Å². The van der Waals surface area contributed by atoms with E-state index in [1.54, 1.807) is 7.11 Å². The molecule has 2 N–H and O–H groups in total. The lowest BCUT2D eigenvalue weighted by Crippen LogP contribution is -2.31. The number of fused-ring (bicyclic) bond motifs is 1. The van der Waals surface area contributed by atoms with Gasteiger partial charge in [-0.05, 0) is 43.5 Å². The van der Waals surface area contributed by atoms with Crippen molar-refractivity contribution in [1.29, 1.82) is 0 Å². The van der Waals surface area contributed by atoms with Crippen LogP contribution in [0.25, 0.3) is 10.9 Å². The minimum Gasteiger partial charge on any atom is -0.496 e. The van der Waals surface area contributed by atoms with E-state index in [0.717, 1.165) is 5.75 Å². The lowest BCUT2D eigenvalue weighted by molar-refractivity contribution is 0.418. The van der Waals surface area contributed by atoms with Gasteiger partial charge in [-0.3, -0.25) is 0 Å². The maximum Gasteiger partial charge on any atom is 0.128 e. The molecule has 1 saturated carbocycles. The first-order chi connectivity index (χ1) is 8.58. The van der Waals surface area contributed by atoms with E-state index in [-0.39, 0.29) is 11.5 Å². The molecule has 3 heteroatoms. The zero-order valence-corrected chi connectivity index (χ0v) is 11.2. The number of nitrogens with zero attached hydrogens (tertiary/aromatic N) is 1. The number of ether oxygens (including phenoxy) is 1.